The minimum Gasteiger partial charge on any atom is -0.467 e. The zero-order valence-corrected chi connectivity index (χ0v) is 10.6. The van der Waals surface area contributed by atoms with E-state index in [2.05, 4.69) is 10.6 Å². The van der Waals surface area contributed by atoms with Crippen molar-refractivity contribution in [3.8, 4) is 0 Å². The van der Waals surface area contributed by atoms with Gasteiger partial charge in [-0.3, -0.25) is 4.79 Å². The van der Waals surface area contributed by atoms with Crippen LogP contribution >= 0.6 is 0 Å². The third-order valence-corrected chi connectivity index (χ3v) is 3.13. The van der Waals surface area contributed by atoms with Gasteiger partial charge in [0.25, 0.3) is 0 Å². The normalized spacial score (nSPS) is 20.8. The van der Waals surface area contributed by atoms with E-state index in [-0.39, 0.29) is 5.91 Å². The molecular weight excluding hydrogens is 232 g/mol. The molecule has 0 bridgehead atoms. The first-order valence-corrected chi connectivity index (χ1v) is 6.38. The molecule has 1 aromatic rings. The number of rotatable bonds is 6. The highest BCUT2D eigenvalue weighted by molar-refractivity contribution is 5.80. The highest BCUT2D eigenvalue weighted by Gasteiger charge is 2.18. The number of nitrogens with one attached hydrogen (secondary N) is 2. The molecule has 1 amide bonds. The maximum Gasteiger partial charge on any atom is 0.249 e. The molecule has 1 saturated heterocycles. The summed E-state index contributed by atoms with van der Waals surface area (Å²) in [6, 6.07) is 3.63. The van der Waals surface area contributed by atoms with Crippen LogP contribution in [0.25, 0.3) is 0 Å². The molecule has 1 aromatic heterocycles. The molecule has 0 saturated carbocycles. The molecule has 5 nitrogen and oxygen atoms in total. The Hall–Kier alpha value is -1.33. The smallest absolute Gasteiger partial charge is 0.249 e. The van der Waals surface area contributed by atoms with Gasteiger partial charge < -0.3 is 19.8 Å². The average molecular weight is 252 g/mol. The van der Waals surface area contributed by atoms with Gasteiger partial charge in [-0.05, 0) is 37.9 Å². The van der Waals surface area contributed by atoms with Crippen molar-refractivity contribution in [3.05, 3.63) is 24.2 Å². The molecule has 2 unspecified atom stereocenters. The topological polar surface area (TPSA) is 63.5 Å². The standard InChI is InChI=1S/C13H20N2O3/c1-10(18-9-11-4-5-14-7-11)13(16)15-8-12-3-2-6-17-12/h2-3,6,10-11,14H,4-5,7-9H2,1H3,(H,15,16). The lowest BCUT2D eigenvalue weighted by atomic mass is 10.1. The van der Waals surface area contributed by atoms with Crippen LogP contribution in [0.15, 0.2) is 22.8 Å². The SMILES string of the molecule is CC(OCC1CCNC1)C(=O)NCc1ccco1. The Balaban J connectivity index is 1.64. The molecule has 2 rings (SSSR count). The van der Waals surface area contributed by atoms with E-state index in [0.29, 0.717) is 19.1 Å². The van der Waals surface area contributed by atoms with E-state index in [1.807, 2.05) is 6.07 Å². The zero-order valence-electron chi connectivity index (χ0n) is 10.6. The van der Waals surface area contributed by atoms with Crippen LogP contribution in [0.5, 0.6) is 0 Å². The Morgan fingerprint density at radius 3 is 3.28 bits per heavy atom. The lowest BCUT2D eigenvalue weighted by molar-refractivity contribution is -0.132. The number of carbonyl (C=O) groups is 1. The predicted octanol–water partition coefficient (Wildman–Crippen LogP) is 0.910. The first-order valence-electron chi connectivity index (χ1n) is 6.38. The number of hydrogen-bond donors (Lipinski definition) is 2. The van der Waals surface area contributed by atoms with Crippen molar-refractivity contribution in [3.63, 3.8) is 0 Å². The Kier molecular flexibility index (Phi) is 4.78. The molecule has 2 N–H and O–H groups in total. The monoisotopic (exact) mass is 252 g/mol. The van der Waals surface area contributed by atoms with E-state index in [0.717, 1.165) is 25.3 Å². The minimum absolute atomic E-state index is 0.0997. The summed E-state index contributed by atoms with van der Waals surface area (Å²) < 4.78 is 10.7. The van der Waals surface area contributed by atoms with E-state index in [4.69, 9.17) is 9.15 Å². The van der Waals surface area contributed by atoms with Crippen LogP contribution in [0.3, 0.4) is 0 Å². The number of ether oxygens (including phenoxy) is 1. The van der Waals surface area contributed by atoms with Crippen molar-refractivity contribution in [2.45, 2.75) is 26.0 Å². The van der Waals surface area contributed by atoms with Crippen LogP contribution < -0.4 is 10.6 Å². The number of carbonyl (C=O) groups excluding carboxylic acids is 1. The van der Waals surface area contributed by atoms with Crippen molar-refractivity contribution < 1.29 is 13.9 Å². The summed E-state index contributed by atoms with van der Waals surface area (Å²) in [6.45, 7) is 4.86. The largest absolute Gasteiger partial charge is 0.467 e. The minimum atomic E-state index is -0.416. The van der Waals surface area contributed by atoms with Crippen LogP contribution in [0, 0.1) is 5.92 Å². The summed E-state index contributed by atoms with van der Waals surface area (Å²) in [5.74, 6) is 1.18. The number of furan rings is 1. The summed E-state index contributed by atoms with van der Waals surface area (Å²) in [7, 11) is 0. The third kappa shape index (κ3) is 3.85. The van der Waals surface area contributed by atoms with Gasteiger partial charge in [0.1, 0.15) is 11.9 Å². The molecule has 1 aliphatic rings. The molecule has 18 heavy (non-hydrogen) atoms. The van der Waals surface area contributed by atoms with Gasteiger partial charge in [0.2, 0.25) is 5.91 Å². The average Bonchev–Trinajstić information content (AvgIpc) is 3.05. The molecule has 100 valence electrons. The third-order valence-electron chi connectivity index (χ3n) is 3.13. The molecule has 1 fully saturated rings. The van der Waals surface area contributed by atoms with Crippen LogP contribution in [0.4, 0.5) is 0 Å². The van der Waals surface area contributed by atoms with Gasteiger partial charge in [-0.25, -0.2) is 0 Å². The summed E-state index contributed by atoms with van der Waals surface area (Å²) >= 11 is 0. The highest BCUT2D eigenvalue weighted by Crippen LogP contribution is 2.09. The van der Waals surface area contributed by atoms with Crippen LogP contribution in [-0.4, -0.2) is 31.7 Å². The van der Waals surface area contributed by atoms with Crippen LogP contribution in [0.1, 0.15) is 19.1 Å². The molecule has 2 atom stereocenters. The maximum absolute atomic E-state index is 11.7. The molecule has 1 aliphatic heterocycles. The summed E-state index contributed by atoms with van der Waals surface area (Å²) in [4.78, 5) is 11.7. The Morgan fingerprint density at radius 2 is 2.61 bits per heavy atom. The van der Waals surface area contributed by atoms with Crippen molar-refractivity contribution >= 4 is 5.91 Å². The maximum atomic E-state index is 11.7. The van der Waals surface area contributed by atoms with Crippen molar-refractivity contribution in [2.24, 2.45) is 5.92 Å². The van der Waals surface area contributed by atoms with Crippen molar-refractivity contribution in [1.82, 2.24) is 10.6 Å². The lowest BCUT2D eigenvalue weighted by Crippen LogP contribution is -2.35. The van der Waals surface area contributed by atoms with Gasteiger partial charge in [-0.2, -0.15) is 0 Å². The van der Waals surface area contributed by atoms with Gasteiger partial charge >= 0.3 is 0 Å². The molecule has 0 aromatic carbocycles. The fourth-order valence-electron chi connectivity index (χ4n) is 1.94. The first-order chi connectivity index (χ1) is 8.75. The molecular formula is C13H20N2O3. The van der Waals surface area contributed by atoms with E-state index >= 15 is 0 Å². The first kappa shape index (κ1) is 13.1. The lowest BCUT2D eigenvalue weighted by Gasteiger charge is -2.15. The fourth-order valence-corrected chi connectivity index (χ4v) is 1.94. The fraction of sp³-hybridized carbons (Fsp3) is 0.615. The molecule has 0 aliphatic carbocycles. The van der Waals surface area contributed by atoms with Crippen LogP contribution in [0.2, 0.25) is 0 Å². The molecule has 5 heteroatoms. The van der Waals surface area contributed by atoms with E-state index in [1.165, 1.54) is 0 Å². The van der Waals surface area contributed by atoms with Crippen molar-refractivity contribution in [1.29, 1.82) is 0 Å². The predicted molar refractivity (Wildman–Crippen MR) is 66.9 cm³/mol. The Morgan fingerprint density at radius 1 is 1.72 bits per heavy atom. The second kappa shape index (κ2) is 6.56. The zero-order chi connectivity index (χ0) is 12.8. The summed E-state index contributed by atoms with van der Waals surface area (Å²) in [5, 5.41) is 6.06. The molecule has 0 radical (unpaired) electrons. The van der Waals surface area contributed by atoms with E-state index in [9.17, 15) is 4.79 Å². The molecule has 2 heterocycles. The number of hydrogen-bond acceptors (Lipinski definition) is 4. The van der Waals surface area contributed by atoms with Gasteiger partial charge in [0, 0.05) is 6.54 Å². The Bertz CT molecular complexity index is 358. The quantitative estimate of drug-likeness (QED) is 0.790. The van der Waals surface area contributed by atoms with Gasteiger partial charge in [-0.15, -0.1) is 0 Å². The van der Waals surface area contributed by atoms with E-state index in [1.54, 1.807) is 19.3 Å². The van der Waals surface area contributed by atoms with E-state index < -0.39 is 6.10 Å². The second-order valence-electron chi connectivity index (χ2n) is 4.63. The van der Waals surface area contributed by atoms with Crippen molar-refractivity contribution in [2.75, 3.05) is 19.7 Å². The van der Waals surface area contributed by atoms with Gasteiger partial charge in [0.15, 0.2) is 0 Å². The van der Waals surface area contributed by atoms with Gasteiger partial charge in [0.05, 0.1) is 19.4 Å². The second-order valence-corrected chi connectivity index (χ2v) is 4.63. The number of amides is 1. The van der Waals surface area contributed by atoms with Gasteiger partial charge in [-0.1, -0.05) is 0 Å². The summed E-state index contributed by atoms with van der Waals surface area (Å²) in [5.41, 5.74) is 0. The Labute approximate surface area is 107 Å². The highest BCUT2D eigenvalue weighted by atomic mass is 16.5. The summed E-state index contributed by atoms with van der Waals surface area (Å²) in [6.07, 6.45) is 2.30. The van der Waals surface area contributed by atoms with Crippen LogP contribution in [-0.2, 0) is 16.1 Å². The molecule has 0 spiro atoms.